The number of hydrogen-bond donors (Lipinski definition) is 1. The van der Waals surface area contributed by atoms with E-state index in [9.17, 15) is 9.18 Å². The molecule has 0 saturated heterocycles. The van der Waals surface area contributed by atoms with Crippen LogP contribution in [0.25, 0.3) is 11.3 Å². The van der Waals surface area contributed by atoms with Gasteiger partial charge in [0.2, 0.25) is 0 Å². The number of methoxy groups -OCH3 is 2. The Morgan fingerprint density at radius 1 is 1.14 bits per heavy atom. The Labute approximate surface area is 168 Å². The average molecular weight is 395 g/mol. The highest BCUT2D eigenvalue weighted by atomic mass is 19.1. The van der Waals surface area contributed by atoms with Crippen LogP contribution in [0.3, 0.4) is 0 Å². The van der Waals surface area contributed by atoms with E-state index in [2.05, 4.69) is 10.2 Å². The largest absolute Gasteiger partial charge is 0.496 e. The van der Waals surface area contributed by atoms with E-state index in [0.717, 1.165) is 16.7 Å². The second-order valence-electron chi connectivity index (χ2n) is 6.86. The molecule has 7 heteroatoms. The maximum absolute atomic E-state index is 13.4. The van der Waals surface area contributed by atoms with Crippen LogP contribution in [0.5, 0.6) is 5.75 Å². The molecule has 0 bridgehead atoms. The summed E-state index contributed by atoms with van der Waals surface area (Å²) in [6.45, 7) is 1.08. The van der Waals surface area contributed by atoms with Crippen molar-refractivity contribution in [1.82, 2.24) is 15.1 Å². The molecule has 2 heterocycles. The summed E-state index contributed by atoms with van der Waals surface area (Å²) in [5, 5.41) is 7.29. The van der Waals surface area contributed by atoms with E-state index in [4.69, 9.17) is 9.47 Å². The Kier molecular flexibility index (Phi) is 5.31. The van der Waals surface area contributed by atoms with Gasteiger partial charge in [0.25, 0.3) is 5.91 Å². The summed E-state index contributed by atoms with van der Waals surface area (Å²) in [7, 11) is 3.25. The van der Waals surface area contributed by atoms with Gasteiger partial charge in [-0.3, -0.25) is 9.89 Å². The number of nitrogens with zero attached hydrogens (tertiary/aromatic N) is 2. The fourth-order valence-corrected chi connectivity index (χ4v) is 3.85. The van der Waals surface area contributed by atoms with Crippen LogP contribution in [0.2, 0.25) is 0 Å². The van der Waals surface area contributed by atoms with Crippen molar-refractivity contribution in [2.24, 2.45) is 0 Å². The minimum atomic E-state index is -0.357. The molecule has 2 aromatic carbocycles. The molecule has 4 rings (SSSR count). The lowest BCUT2D eigenvalue weighted by Crippen LogP contribution is -2.31. The molecule has 1 aromatic heterocycles. The van der Waals surface area contributed by atoms with E-state index in [-0.39, 0.29) is 17.8 Å². The summed E-state index contributed by atoms with van der Waals surface area (Å²) < 4.78 is 24.2. The maximum atomic E-state index is 13.4. The highest BCUT2D eigenvalue weighted by Crippen LogP contribution is 2.45. The zero-order valence-electron chi connectivity index (χ0n) is 16.3. The van der Waals surface area contributed by atoms with Crippen molar-refractivity contribution in [3.05, 3.63) is 71.2 Å². The number of halogens is 1. The van der Waals surface area contributed by atoms with Gasteiger partial charge >= 0.3 is 0 Å². The van der Waals surface area contributed by atoms with Crippen LogP contribution >= 0.6 is 0 Å². The number of fused-ring (bicyclic) bond motifs is 1. The molecule has 0 saturated carbocycles. The Morgan fingerprint density at radius 2 is 1.90 bits per heavy atom. The Balaban J connectivity index is 1.85. The first-order valence-electron chi connectivity index (χ1n) is 9.42. The standard InChI is InChI=1S/C22H22FN3O3/c1-28-13-5-12-26-21(16-6-3-4-7-17(16)29-2)18-19(24-25-20(18)22(26)27)14-8-10-15(23)11-9-14/h3-4,6-11,21H,5,12-13H2,1-2H3,(H,24,25). The van der Waals surface area contributed by atoms with Crippen LogP contribution in [-0.2, 0) is 4.74 Å². The van der Waals surface area contributed by atoms with Gasteiger partial charge in [-0.2, -0.15) is 5.10 Å². The number of rotatable bonds is 7. The predicted molar refractivity (Wildman–Crippen MR) is 106 cm³/mol. The Bertz CT molecular complexity index is 1020. The van der Waals surface area contributed by atoms with Gasteiger partial charge in [-0.25, -0.2) is 4.39 Å². The third-order valence-corrected chi connectivity index (χ3v) is 5.16. The summed E-state index contributed by atoms with van der Waals surface area (Å²) in [4.78, 5) is 15.0. The van der Waals surface area contributed by atoms with E-state index in [1.54, 1.807) is 26.4 Å². The van der Waals surface area contributed by atoms with Gasteiger partial charge in [-0.05, 0) is 36.8 Å². The molecule has 150 valence electrons. The minimum Gasteiger partial charge on any atom is -0.496 e. The van der Waals surface area contributed by atoms with Crippen molar-refractivity contribution < 1.29 is 18.7 Å². The van der Waals surface area contributed by atoms with Crippen LogP contribution in [0.4, 0.5) is 4.39 Å². The first kappa shape index (κ1) is 19.1. The normalized spacial score (nSPS) is 15.6. The minimum absolute atomic E-state index is 0.118. The molecule has 0 fully saturated rings. The van der Waals surface area contributed by atoms with Crippen LogP contribution in [0.1, 0.15) is 34.1 Å². The lowest BCUT2D eigenvalue weighted by Gasteiger charge is -2.27. The number of aromatic nitrogens is 2. The molecule has 1 unspecified atom stereocenters. The number of aromatic amines is 1. The molecule has 1 atom stereocenters. The zero-order valence-corrected chi connectivity index (χ0v) is 16.3. The fraction of sp³-hybridized carbons (Fsp3) is 0.273. The molecule has 6 nitrogen and oxygen atoms in total. The second kappa shape index (κ2) is 8.05. The van der Waals surface area contributed by atoms with Gasteiger partial charge < -0.3 is 14.4 Å². The third kappa shape index (κ3) is 3.38. The quantitative estimate of drug-likeness (QED) is 0.618. The van der Waals surface area contributed by atoms with Crippen molar-refractivity contribution >= 4 is 5.91 Å². The molecule has 1 N–H and O–H groups in total. The number of nitrogens with one attached hydrogen (secondary N) is 1. The first-order valence-corrected chi connectivity index (χ1v) is 9.42. The van der Waals surface area contributed by atoms with Gasteiger partial charge in [0.15, 0.2) is 0 Å². The van der Waals surface area contributed by atoms with Gasteiger partial charge in [0, 0.05) is 37.0 Å². The van der Waals surface area contributed by atoms with Crippen molar-refractivity contribution in [1.29, 1.82) is 0 Å². The number of benzene rings is 2. The van der Waals surface area contributed by atoms with Crippen molar-refractivity contribution in [3.63, 3.8) is 0 Å². The van der Waals surface area contributed by atoms with E-state index in [0.29, 0.717) is 36.7 Å². The topological polar surface area (TPSA) is 67.5 Å². The lowest BCUT2D eigenvalue weighted by molar-refractivity contribution is 0.0722. The molecule has 29 heavy (non-hydrogen) atoms. The first-order chi connectivity index (χ1) is 14.2. The number of ether oxygens (including phenoxy) is 2. The highest BCUT2D eigenvalue weighted by Gasteiger charge is 2.42. The SMILES string of the molecule is COCCCN1C(=O)c2[nH]nc(-c3ccc(F)cc3)c2C1c1ccccc1OC. The zero-order chi connectivity index (χ0) is 20.4. The van der Waals surface area contributed by atoms with E-state index < -0.39 is 0 Å². The molecule has 3 aromatic rings. The van der Waals surface area contributed by atoms with Crippen molar-refractivity contribution in [2.75, 3.05) is 27.4 Å². The van der Waals surface area contributed by atoms with E-state index >= 15 is 0 Å². The average Bonchev–Trinajstić information content (AvgIpc) is 3.28. The Hall–Kier alpha value is -3.19. The smallest absolute Gasteiger partial charge is 0.273 e. The molecular formula is C22H22FN3O3. The molecule has 1 aliphatic heterocycles. The van der Waals surface area contributed by atoms with Gasteiger partial charge in [-0.15, -0.1) is 0 Å². The number of carbonyl (C=O) groups is 1. The summed E-state index contributed by atoms with van der Waals surface area (Å²) in [6, 6.07) is 13.4. The summed E-state index contributed by atoms with van der Waals surface area (Å²) in [5.41, 5.74) is 3.50. The number of para-hydroxylation sites is 1. The molecule has 1 amide bonds. The van der Waals surface area contributed by atoms with E-state index in [1.165, 1.54) is 12.1 Å². The second-order valence-corrected chi connectivity index (χ2v) is 6.86. The van der Waals surface area contributed by atoms with Crippen LogP contribution in [0, 0.1) is 5.82 Å². The summed E-state index contributed by atoms with van der Waals surface area (Å²) in [5.74, 6) is 0.258. The molecule has 0 aliphatic carbocycles. The van der Waals surface area contributed by atoms with Crippen LogP contribution < -0.4 is 4.74 Å². The van der Waals surface area contributed by atoms with Crippen molar-refractivity contribution in [3.8, 4) is 17.0 Å². The van der Waals surface area contributed by atoms with Crippen molar-refractivity contribution in [2.45, 2.75) is 12.5 Å². The van der Waals surface area contributed by atoms with E-state index in [1.807, 2.05) is 29.2 Å². The highest BCUT2D eigenvalue weighted by molar-refractivity contribution is 6.00. The maximum Gasteiger partial charge on any atom is 0.273 e. The molecule has 1 aliphatic rings. The van der Waals surface area contributed by atoms with Gasteiger partial charge in [0.1, 0.15) is 17.3 Å². The van der Waals surface area contributed by atoms with Crippen LogP contribution in [0.15, 0.2) is 48.5 Å². The number of amides is 1. The fourth-order valence-electron chi connectivity index (χ4n) is 3.85. The number of hydrogen-bond acceptors (Lipinski definition) is 4. The summed E-state index contributed by atoms with van der Waals surface area (Å²) >= 11 is 0. The van der Waals surface area contributed by atoms with Gasteiger partial charge in [-0.1, -0.05) is 18.2 Å². The molecule has 0 spiro atoms. The van der Waals surface area contributed by atoms with Gasteiger partial charge in [0.05, 0.1) is 18.8 Å². The Morgan fingerprint density at radius 3 is 2.62 bits per heavy atom. The number of H-pyrrole nitrogens is 1. The lowest BCUT2D eigenvalue weighted by atomic mass is 9.95. The monoisotopic (exact) mass is 395 g/mol. The summed E-state index contributed by atoms with van der Waals surface area (Å²) in [6.07, 6.45) is 0.706. The molecular weight excluding hydrogens is 373 g/mol. The molecule has 0 radical (unpaired) electrons. The predicted octanol–water partition coefficient (Wildman–Crippen LogP) is 3.81. The number of carbonyl (C=O) groups excluding carboxylic acids is 1. The third-order valence-electron chi connectivity index (χ3n) is 5.16. The van der Waals surface area contributed by atoms with Crippen LogP contribution in [-0.4, -0.2) is 48.4 Å².